The molecule has 1 N–H and O–H groups in total. The maximum Gasteiger partial charge on any atom is 0.119 e. The molecule has 0 bridgehead atoms. The van der Waals surface area contributed by atoms with E-state index in [1.165, 1.54) is 12.8 Å². The third kappa shape index (κ3) is 6.63. The van der Waals surface area contributed by atoms with Gasteiger partial charge in [0.05, 0.1) is 6.61 Å². The van der Waals surface area contributed by atoms with Crippen LogP contribution < -0.4 is 10.1 Å². The molecule has 108 valence electrons. The minimum Gasteiger partial charge on any atom is -0.494 e. The second kappa shape index (κ2) is 8.21. The van der Waals surface area contributed by atoms with Crippen LogP contribution in [0.4, 0.5) is 0 Å². The minimum atomic E-state index is 0.327. The lowest BCUT2D eigenvalue weighted by Gasteiger charge is -2.30. The van der Waals surface area contributed by atoms with Crippen molar-refractivity contribution in [1.82, 2.24) is 5.32 Å². The Morgan fingerprint density at radius 2 is 1.84 bits per heavy atom. The molecule has 0 saturated carbocycles. The van der Waals surface area contributed by atoms with Crippen molar-refractivity contribution in [2.45, 2.75) is 53.0 Å². The number of hydrogen-bond acceptors (Lipinski definition) is 2. The van der Waals surface area contributed by atoms with Crippen molar-refractivity contribution in [3.05, 3.63) is 30.3 Å². The van der Waals surface area contributed by atoms with Gasteiger partial charge in [0.2, 0.25) is 0 Å². The lowest BCUT2D eigenvalue weighted by atomic mass is 9.82. The van der Waals surface area contributed by atoms with E-state index in [2.05, 4.69) is 33.0 Å². The lowest BCUT2D eigenvalue weighted by Crippen LogP contribution is -2.36. The van der Waals surface area contributed by atoms with E-state index >= 15 is 0 Å². The summed E-state index contributed by atoms with van der Waals surface area (Å²) in [6, 6.07) is 10.6. The molecule has 19 heavy (non-hydrogen) atoms. The van der Waals surface area contributed by atoms with Crippen molar-refractivity contribution in [3.8, 4) is 5.75 Å². The van der Waals surface area contributed by atoms with Crippen LogP contribution in [0.2, 0.25) is 0 Å². The summed E-state index contributed by atoms with van der Waals surface area (Å²) in [5.74, 6) is 0.971. The molecular formula is C17H29NO. The molecule has 0 heterocycles. The molecule has 0 saturated heterocycles. The first-order valence-corrected chi connectivity index (χ1v) is 7.47. The second-order valence-corrected chi connectivity index (χ2v) is 6.01. The molecule has 1 rings (SSSR count). The van der Waals surface area contributed by atoms with Crippen LogP contribution in [0.1, 0.15) is 47.0 Å². The average Bonchev–Trinajstić information content (AvgIpc) is 2.38. The Morgan fingerprint density at radius 1 is 1.16 bits per heavy atom. The van der Waals surface area contributed by atoms with Crippen molar-refractivity contribution < 1.29 is 4.74 Å². The van der Waals surface area contributed by atoms with Crippen LogP contribution in [0.3, 0.4) is 0 Å². The van der Waals surface area contributed by atoms with Crippen molar-refractivity contribution in [1.29, 1.82) is 0 Å². The normalized spacial score (nSPS) is 14.4. The minimum absolute atomic E-state index is 0.327. The Labute approximate surface area is 118 Å². The molecule has 0 aromatic heterocycles. The van der Waals surface area contributed by atoms with Gasteiger partial charge in [-0.1, -0.05) is 52.3 Å². The van der Waals surface area contributed by atoms with Crippen LogP contribution in [0.15, 0.2) is 30.3 Å². The highest BCUT2D eigenvalue weighted by molar-refractivity contribution is 5.20. The summed E-state index contributed by atoms with van der Waals surface area (Å²) in [5, 5.41) is 3.56. The van der Waals surface area contributed by atoms with Crippen molar-refractivity contribution in [2.24, 2.45) is 5.41 Å². The van der Waals surface area contributed by atoms with Gasteiger partial charge >= 0.3 is 0 Å². The Bertz CT molecular complexity index is 336. The van der Waals surface area contributed by atoms with Gasteiger partial charge in [0.25, 0.3) is 0 Å². The lowest BCUT2D eigenvalue weighted by molar-refractivity contribution is 0.189. The van der Waals surface area contributed by atoms with Crippen molar-refractivity contribution in [3.63, 3.8) is 0 Å². The maximum absolute atomic E-state index is 5.83. The smallest absolute Gasteiger partial charge is 0.119 e. The van der Waals surface area contributed by atoms with Gasteiger partial charge in [-0.05, 0) is 30.4 Å². The number of benzene rings is 1. The quantitative estimate of drug-likeness (QED) is 0.719. The molecule has 0 aliphatic carbocycles. The molecule has 1 atom stereocenters. The van der Waals surface area contributed by atoms with E-state index in [0.717, 1.165) is 25.3 Å². The number of ether oxygens (including phenoxy) is 1. The van der Waals surface area contributed by atoms with Crippen LogP contribution in [-0.4, -0.2) is 19.2 Å². The first kappa shape index (κ1) is 16.0. The summed E-state index contributed by atoms with van der Waals surface area (Å²) in [6.45, 7) is 10.9. The second-order valence-electron chi connectivity index (χ2n) is 6.01. The molecule has 0 aliphatic rings. The largest absolute Gasteiger partial charge is 0.494 e. The Morgan fingerprint density at radius 3 is 2.42 bits per heavy atom. The monoisotopic (exact) mass is 263 g/mol. The molecule has 2 nitrogen and oxygen atoms in total. The van der Waals surface area contributed by atoms with E-state index in [4.69, 9.17) is 4.74 Å². The summed E-state index contributed by atoms with van der Waals surface area (Å²) in [5.41, 5.74) is 0.327. The zero-order valence-corrected chi connectivity index (χ0v) is 12.9. The molecule has 1 aromatic carbocycles. The van der Waals surface area contributed by atoms with Gasteiger partial charge in [-0.25, -0.2) is 0 Å². The zero-order chi connectivity index (χ0) is 14.1. The van der Waals surface area contributed by atoms with E-state index < -0.39 is 0 Å². The summed E-state index contributed by atoms with van der Waals surface area (Å²) >= 11 is 0. The number of rotatable bonds is 9. The highest BCUT2D eigenvalue weighted by Gasteiger charge is 2.23. The van der Waals surface area contributed by atoms with Gasteiger partial charge in [-0.2, -0.15) is 0 Å². The van der Waals surface area contributed by atoms with Crippen molar-refractivity contribution in [2.75, 3.05) is 13.2 Å². The first-order valence-electron chi connectivity index (χ1n) is 7.47. The van der Waals surface area contributed by atoms with Gasteiger partial charge in [0.1, 0.15) is 5.75 Å². The SMILES string of the molecule is CCCC(C)(CCOc1ccccc1)CNC(C)C. The molecule has 0 spiro atoms. The van der Waals surface area contributed by atoms with Crippen LogP contribution in [-0.2, 0) is 0 Å². The summed E-state index contributed by atoms with van der Waals surface area (Å²) in [7, 11) is 0. The topological polar surface area (TPSA) is 21.3 Å². The third-order valence-corrected chi connectivity index (χ3v) is 3.51. The number of nitrogens with one attached hydrogen (secondary N) is 1. The molecule has 0 radical (unpaired) electrons. The Balaban J connectivity index is 2.40. The van der Waals surface area contributed by atoms with Gasteiger partial charge in [-0.3, -0.25) is 0 Å². The van der Waals surface area contributed by atoms with Gasteiger partial charge in [0.15, 0.2) is 0 Å². The van der Waals surface area contributed by atoms with Gasteiger partial charge in [-0.15, -0.1) is 0 Å². The first-order chi connectivity index (χ1) is 9.06. The Hall–Kier alpha value is -1.02. The van der Waals surface area contributed by atoms with Crippen LogP contribution >= 0.6 is 0 Å². The summed E-state index contributed by atoms with van der Waals surface area (Å²) in [6.07, 6.45) is 3.56. The van der Waals surface area contributed by atoms with Crippen LogP contribution in [0.5, 0.6) is 5.75 Å². The fraction of sp³-hybridized carbons (Fsp3) is 0.647. The highest BCUT2D eigenvalue weighted by atomic mass is 16.5. The average molecular weight is 263 g/mol. The predicted molar refractivity (Wildman–Crippen MR) is 82.7 cm³/mol. The fourth-order valence-corrected chi connectivity index (χ4v) is 2.29. The van der Waals surface area contributed by atoms with Gasteiger partial charge in [0, 0.05) is 12.6 Å². The van der Waals surface area contributed by atoms with Crippen molar-refractivity contribution >= 4 is 0 Å². The third-order valence-electron chi connectivity index (χ3n) is 3.51. The van der Waals surface area contributed by atoms with Crippen LogP contribution in [0.25, 0.3) is 0 Å². The zero-order valence-electron chi connectivity index (χ0n) is 12.9. The molecule has 1 unspecified atom stereocenters. The van der Waals surface area contributed by atoms with E-state index in [9.17, 15) is 0 Å². The fourth-order valence-electron chi connectivity index (χ4n) is 2.29. The van der Waals surface area contributed by atoms with E-state index in [0.29, 0.717) is 11.5 Å². The van der Waals surface area contributed by atoms with E-state index in [1.54, 1.807) is 0 Å². The number of para-hydroxylation sites is 1. The molecule has 0 aliphatic heterocycles. The van der Waals surface area contributed by atoms with E-state index in [1.807, 2.05) is 30.3 Å². The highest BCUT2D eigenvalue weighted by Crippen LogP contribution is 2.27. The van der Waals surface area contributed by atoms with E-state index in [-0.39, 0.29) is 0 Å². The molecule has 0 amide bonds. The maximum atomic E-state index is 5.83. The molecule has 1 aromatic rings. The predicted octanol–water partition coefficient (Wildman–Crippen LogP) is 4.26. The van der Waals surface area contributed by atoms with Gasteiger partial charge < -0.3 is 10.1 Å². The number of hydrogen-bond donors (Lipinski definition) is 1. The molecular weight excluding hydrogens is 234 g/mol. The molecule has 2 heteroatoms. The molecule has 0 fully saturated rings. The van der Waals surface area contributed by atoms with Crippen LogP contribution in [0, 0.1) is 5.41 Å². The Kier molecular flexibility index (Phi) is 6.93. The summed E-state index contributed by atoms with van der Waals surface area (Å²) < 4.78 is 5.83. The summed E-state index contributed by atoms with van der Waals surface area (Å²) in [4.78, 5) is 0. The standard InChI is InChI=1S/C17H29NO/c1-5-11-17(4,14-18-15(2)3)12-13-19-16-9-7-6-8-10-16/h6-10,15,18H,5,11-14H2,1-4H3.